The highest BCUT2D eigenvalue weighted by Crippen LogP contribution is 2.29. The van der Waals surface area contributed by atoms with E-state index in [0.717, 1.165) is 11.6 Å². The lowest BCUT2D eigenvalue weighted by molar-refractivity contribution is 0.0946. The summed E-state index contributed by atoms with van der Waals surface area (Å²) in [6, 6.07) is 9.99. The number of hydrogen-bond acceptors (Lipinski definition) is 4. The second-order valence-corrected chi connectivity index (χ2v) is 6.32. The normalized spacial score (nSPS) is 11.5. The minimum absolute atomic E-state index is 0. The predicted molar refractivity (Wildman–Crippen MR) is 107 cm³/mol. The molecule has 148 valence electrons. The molecule has 0 aromatic heterocycles. The summed E-state index contributed by atoms with van der Waals surface area (Å²) >= 11 is 0. The van der Waals surface area contributed by atoms with Crippen LogP contribution in [0.4, 0.5) is 4.39 Å². The smallest absolute Gasteiger partial charge is 0.254 e. The van der Waals surface area contributed by atoms with Crippen LogP contribution in [0.1, 0.15) is 47.3 Å². The topological polar surface area (TPSA) is 73.6 Å². The zero-order valence-electron chi connectivity index (χ0n) is 15.9. The molecule has 0 bridgehead atoms. The summed E-state index contributed by atoms with van der Waals surface area (Å²) in [6.07, 6.45) is 0. The van der Waals surface area contributed by atoms with Crippen LogP contribution in [0.5, 0.6) is 11.5 Å². The first-order valence-corrected chi connectivity index (χ1v) is 8.42. The Labute approximate surface area is 165 Å². The number of nitrogens with one attached hydrogen (secondary N) is 1. The maximum atomic E-state index is 14.1. The Morgan fingerprint density at radius 1 is 1.07 bits per heavy atom. The second kappa shape index (κ2) is 10.1. The summed E-state index contributed by atoms with van der Waals surface area (Å²) in [5.74, 6) is -0.295. The Morgan fingerprint density at radius 3 is 2.11 bits per heavy atom. The number of carbonyl (C=O) groups excluding carboxylic acids is 1. The second-order valence-electron chi connectivity index (χ2n) is 6.32. The molecule has 1 unspecified atom stereocenters. The van der Waals surface area contributed by atoms with Crippen molar-refractivity contribution in [2.45, 2.75) is 25.8 Å². The van der Waals surface area contributed by atoms with Gasteiger partial charge in [-0.15, -0.1) is 12.4 Å². The van der Waals surface area contributed by atoms with Crippen molar-refractivity contribution in [2.75, 3.05) is 20.8 Å². The monoisotopic (exact) mass is 396 g/mol. The molecular weight excluding hydrogens is 371 g/mol. The zero-order chi connectivity index (χ0) is 19.3. The largest absolute Gasteiger partial charge is 0.493 e. The number of nitrogens with two attached hydrogens (primary N) is 1. The van der Waals surface area contributed by atoms with E-state index >= 15 is 0 Å². The van der Waals surface area contributed by atoms with Crippen molar-refractivity contribution in [2.24, 2.45) is 5.73 Å². The average Bonchev–Trinajstić information content (AvgIpc) is 2.65. The minimum atomic E-state index is -0.685. The quantitative estimate of drug-likeness (QED) is 0.746. The van der Waals surface area contributed by atoms with Gasteiger partial charge in [0.1, 0.15) is 5.82 Å². The van der Waals surface area contributed by atoms with Crippen molar-refractivity contribution < 1.29 is 18.7 Å². The Bertz CT molecular complexity index is 767. The van der Waals surface area contributed by atoms with Gasteiger partial charge in [-0.25, -0.2) is 4.39 Å². The fraction of sp³-hybridized carbons (Fsp3) is 0.350. The van der Waals surface area contributed by atoms with Crippen LogP contribution in [0.25, 0.3) is 0 Å². The van der Waals surface area contributed by atoms with Crippen molar-refractivity contribution in [3.8, 4) is 11.5 Å². The summed E-state index contributed by atoms with van der Waals surface area (Å²) in [5.41, 5.74) is 8.14. The fourth-order valence-electron chi connectivity index (χ4n) is 2.57. The SMILES string of the molecule is COc1cc(F)c(C(=O)NCC(N)c2ccc(C(C)C)cc2)cc1OC.Cl. The van der Waals surface area contributed by atoms with E-state index in [1.807, 2.05) is 24.3 Å². The summed E-state index contributed by atoms with van der Waals surface area (Å²) in [4.78, 5) is 12.3. The van der Waals surface area contributed by atoms with Crippen LogP contribution in [0, 0.1) is 5.82 Å². The molecule has 0 aliphatic carbocycles. The predicted octanol–water partition coefficient (Wildman–Crippen LogP) is 3.82. The lowest BCUT2D eigenvalue weighted by Crippen LogP contribution is -2.32. The van der Waals surface area contributed by atoms with Gasteiger partial charge in [-0.2, -0.15) is 0 Å². The molecule has 2 rings (SSSR count). The maximum Gasteiger partial charge on any atom is 0.254 e. The average molecular weight is 397 g/mol. The van der Waals surface area contributed by atoms with Crippen molar-refractivity contribution in [3.63, 3.8) is 0 Å². The third kappa shape index (κ3) is 5.58. The lowest BCUT2D eigenvalue weighted by Gasteiger charge is -2.15. The summed E-state index contributed by atoms with van der Waals surface area (Å²) in [5, 5.41) is 2.66. The van der Waals surface area contributed by atoms with Gasteiger partial charge < -0.3 is 20.5 Å². The first-order valence-electron chi connectivity index (χ1n) is 8.42. The Hall–Kier alpha value is -2.31. The first-order chi connectivity index (χ1) is 12.4. The van der Waals surface area contributed by atoms with Crippen molar-refractivity contribution in [1.29, 1.82) is 0 Å². The maximum absolute atomic E-state index is 14.1. The van der Waals surface area contributed by atoms with E-state index in [-0.39, 0.29) is 42.1 Å². The number of carbonyl (C=O) groups is 1. The third-order valence-corrected chi connectivity index (χ3v) is 4.23. The van der Waals surface area contributed by atoms with Gasteiger partial charge in [0.05, 0.1) is 19.8 Å². The van der Waals surface area contributed by atoms with Gasteiger partial charge in [0.2, 0.25) is 0 Å². The van der Waals surface area contributed by atoms with Gasteiger partial charge in [-0.05, 0) is 23.1 Å². The van der Waals surface area contributed by atoms with E-state index in [2.05, 4.69) is 19.2 Å². The zero-order valence-corrected chi connectivity index (χ0v) is 16.7. The Morgan fingerprint density at radius 2 is 1.59 bits per heavy atom. The number of hydrogen-bond donors (Lipinski definition) is 2. The minimum Gasteiger partial charge on any atom is -0.493 e. The molecule has 5 nitrogen and oxygen atoms in total. The molecule has 0 spiro atoms. The molecule has 0 aliphatic heterocycles. The Balaban J connectivity index is 0.00000364. The van der Waals surface area contributed by atoms with E-state index in [0.29, 0.717) is 5.92 Å². The molecule has 27 heavy (non-hydrogen) atoms. The molecule has 7 heteroatoms. The highest BCUT2D eigenvalue weighted by atomic mass is 35.5. The van der Waals surface area contributed by atoms with Crippen LogP contribution in [-0.2, 0) is 0 Å². The van der Waals surface area contributed by atoms with Crippen molar-refractivity contribution in [1.82, 2.24) is 5.32 Å². The van der Waals surface area contributed by atoms with Gasteiger partial charge in [-0.1, -0.05) is 38.1 Å². The molecule has 0 fully saturated rings. The number of methoxy groups -OCH3 is 2. The molecule has 2 aromatic carbocycles. The molecule has 0 saturated heterocycles. The van der Waals surface area contributed by atoms with E-state index in [1.54, 1.807) is 0 Å². The molecule has 0 heterocycles. The highest BCUT2D eigenvalue weighted by molar-refractivity contribution is 5.95. The standard InChI is InChI=1S/C20H25FN2O3.ClH/c1-12(2)13-5-7-14(8-6-13)17(22)11-23-20(24)15-9-18(25-3)19(26-4)10-16(15)21;/h5-10,12,17H,11,22H2,1-4H3,(H,23,24);1H. The van der Waals surface area contributed by atoms with Crippen molar-refractivity contribution >= 4 is 18.3 Å². The number of halogens is 2. The van der Waals surface area contributed by atoms with E-state index in [1.165, 1.54) is 25.8 Å². The fourth-order valence-corrected chi connectivity index (χ4v) is 2.57. The van der Waals surface area contributed by atoms with Gasteiger partial charge in [0, 0.05) is 18.7 Å². The van der Waals surface area contributed by atoms with E-state index in [4.69, 9.17) is 15.2 Å². The van der Waals surface area contributed by atoms with Crippen LogP contribution in [0.15, 0.2) is 36.4 Å². The van der Waals surface area contributed by atoms with Crippen LogP contribution in [0.2, 0.25) is 0 Å². The molecular formula is C20H26ClFN2O3. The molecule has 1 amide bonds. The molecule has 1 atom stereocenters. The number of rotatable bonds is 7. The van der Waals surface area contributed by atoms with Crippen molar-refractivity contribution in [3.05, 3.63) is 58.9 Å². The van der Waals surface area contributed by atoms with Gasteiger partial charge in [0.15, 0.2) is 11.5 Å². The number of benzene rings is 2. The molecule has 0 aliphatic rings. The van der Waals surface area contributed by atoms with E-state index in [9.17, 15) is 9.18 Å². The highest BCUT2D eigenvalue weighted by Gasteiger charge is 2.18. The third-order valence-electron chi connectivity index (χ3n) is 4.23. The number of amides is 1. The summed E-state index contributed by atoms with van der Waals surface area (Å²) in [7, 11) is 2.83. The number of ether oxygens (including phenoxy) is 2. The molecule has 0 radical (unpaired) electrons. The van der Waals surface area contributed by atoms with Crippen LogP contribution < -0.4 is 20.5 Å². The van der Waals surface area contributed by atoms with E-state index < -0.39 is 11.7 Å². The molecule has 3 N–H and O–H groups in total. The van der Waals surface area contributed by atoms with Gasteiger partial charge >= 0.3 is 0 Å². The summed E-state index contributed by atoms with van der Waals surface area (Å²) < 4.78 is 24.3. The molecule has 2 aromatic rings. The van der Waals surface area contributed by atoms with Gasteiger partial charge in [0.25, 0.3) is 5.91 Å². The lowest BCUT2D eigenvalue weighted by atomic mass is 9.99. The first kappa shape index (κ1) is 22.7. The van der Waals surface area contributed by atoms with Crippen LogP contribution in [-0.4, -0.2) is 26.7 Å². The molecule has 0 saturated carbocycles. The Kier molecular flexibility index (Phi) is 8.53. The summed E-state index contributed by atoms with van der Waals surface area (Å²) in [6.45, 7) is 4.42. The van der Waals surface area contributed by atoms with Gasteiger partial charge in [-0.3, -0.25) is 4.79 Å². The van der Waals surface area contributed by atoms with Crippen LogP contribution >= 0.6 is 12.4 Å². The van der Waals surface area contributed by atoms with Crippen LogP contribution in [0.3, 0.4) is 0 Å².